The number of nitrogens with zero attached hydrogens (tertiary/aromatic N) is 3. The molecule has 1 aromatic rings. The van der Waals surface area contributed by atoms with Crippen LogP contribution < -0.4 is 5.73 Å². The van der Waals surface area contributed by atoms with Crippen LogP contribution in [0.15, 0.2) is 6.20 Å². The van der Waals surface area contributed by atoms with Gasteiger partial charge in [0.25, 0.3) is 0 Å². The summed E-state index contributed by atoms with van der Waals surface area (Å²) in [6.07, 6.45) is 11.9. The molecule has 0 bridgehead atoms. The third-order valence-electron chi connectivity index (χ3n) is 3.22. The summed E-state index contributed by atoms with van der Waals surface area (Å²) in [6, 6.07) is 2.04. The van der Waals surface area contributed by atoms with Gasteiger partial charge in [0.15, 0.2) is 0 Å². The van der Waals surface area contributed by atoms with Gasteiger partial charge in [0.1, 0.15) is 17.5 Å². The predicted molar refractivity (Wildman–Crippen MR) is 74.0 cm³/mol. The zero-order valence-electron chi connectivity index (χ0n) is 11.4. The van der Waals surface area contributed by atoms with Gasteiger partial charge in [0.05, 0.1) is 6.20 Å². The Hall–Kier alpha value is -1.50. The van der Waals surface area contributed by atoms with E-state index in [1.54, 1.807) is 10.9 Å². The fraction of sp³-hybridized carbons (Fsp3) is 0.714. The Bertz CT molecular complexity index is 376. The number of hydrogen-bond acceptors (Lipinski definition) is 3. The van der Waals surface area contributed by atoms with Crippen molar-refractivity contribution in [2.45, 2.75) is 64.8 Å². The normalized spacial score (nSPS) is 10.4. The number of aromatic nitrogens is 2. The molecule has 0 atom stereocenters. The third-order valence-corrected chi connectivity index (χ3v) is 3.22. The van der Waals surface area contributed by atoms with Crippen LogP contribution in [0.4, 0.5) is 5.82 Å². The maximum Gasteiger partial charge on any atom is 0.139 e. The summed E-state index contributed by atoms with van der Waals surface area (Å²) < 4.78 is 1.73. The van der Waals surface area contributed by atoms with Crippen LogP contribution in [0.1, 0.15) is 63.9 Å². The zero-order chi connectivity index (χ0) is 13.2. The van der Waals surface area contributed by atoms with Gasteiger partial charge in [0, 0.05) is 6.54 Å². The van der Waals surface area contributed by atoms with Gasteiger partial charge in [-0.2, -0.15) is 10.4 Å². The van der Waals surface area contributed by atoms with E-state index in [-0.39, 0.29) is 0 Å². The second-order valence-corrected chi connectivity index (χ2v) is 4.75. The monoisotopic (exact) mass is 248 g/mol. The fourth-order valence-corrected chi connectivity index (χ4v) is 2.05. The van der Waals surface area contributed by atoms with Crippen LogP contribution in [0, 0.1) is 11.3 Å². The molecule has 4 nitrogen and oxygen atoms in total. The maximum atomic E-state index is 8.76. The van der Waals surface area contributed by atoms with Crippen molar-refractivity contribution >= 4 is 5.82 Å². The molecule has 1 heterocycles. The minimum absolute atomic E-state index is 0.481. The molecule has 0 unspecified atom stereocenters. The summed E-state index contributed by atoms with van der Waals surface area (Å²) in [5.74, 6) is 0.500. The first-order valence-corrected chi connectivity index (χ1v) is 7.01. The Morgan fingerprint density at radius 3 is 2.33 bits per heavy atom. The van der Waals surface area contributed by atoms with Crippen molar-refractivity contribution in [3.8, 4) is 6.07 Å². The number of hydrogen-bond donors (Lipinski definition) is 1. The summed E-state index contributed by atoms with van der Waals surface area (Å²) in [4.78, 5) is 0. The molecule has 0 aliphatic rings. The van der Waals surface area contributed by atoms with Gasteiger partial charge in [-0.1, -0.05) is 51.9 Å². The first-order chi connectivity index (χ1) is 8.79. The Kier molecular flexibility index (Phi) is 6.93. The van der Waals surface area contributed by atoms with Crippen LogP contribution in [0.5, 0.6) is 0 Å². The lowest BCUT2D eigenvalue weighted by molar-refractivity contribution is 0.523. The van der Waals surface area contributed by atoms with E-state index in [2.05, 4.69) is 12.0 Å². The molecular weight excluding hydrogens is 224 g/mol. The summed E-state index contributed by atoms with van der Waals surface area (Å²) in [6.45, 7) is 3.06. The molecule has 0 aliphatic carbocycles. The molecule has 0 spiro atoms. The molecule has 4 heteroatoms. The topological polar surface area (TPSA) is 67.6 Å². The van der Waals surface area contributed by atoms with E-state index < -0.39 is 0 Å². The highest BCUT2D eigenvalue weighted by atomic mass is 15.3. The van der Waals surface area contributed by atoms with E-state index in [9.17, 15) is 0 Å². The van der Waals surface area contributed by atoms with E-state index >= 15 is 0 Å². The summed E-state index contributed by atoms with van der Waals surface area (Å²) >= 11 is 0. The molecule has 0 amide bonds. The van der Waals surface area contributed by atoms with Gasteiger partial charge < -0.3 is 5.73 Å². The fourth-order valence-electron chi connectivity index (χ4n) is 2.05. The molecule has 0 radical (unpaired) electrons. The molecule has 0 saturated carbocycles. The van der Waals surface area contributed by atoms with E-state index in [4.69, 9.17) is 11.0 Å². The van der Waals surface area contributed by atoms with Crippen LogP contribution in [-0.4, -0.2) is 9.78 Å². The van der Waals surface area contributed by atoms with Crippen molar-refractivity contribution in [2.24, 2.45) is 0 Å². The number of nitriles is 1. The van der Waals surface area contributed by atoms with E-state index in [1.165, 1.54) is 44.9 Å². The van der Waals surface area contributed by atoms with Crippen LogP contribution in [0.2, 0.25) is 0 Å². The molecule has 0 fully saturated rings. The molecule has 100 valence electrons. The van der Waals surface area contributed by atoms with Gasteiger partial charge in [-0.3, -0.25) is 0 Å². The maximum absolute atomic E-state index is 8.76. The van der Waals surface area contributed by atoms with E-state index in [0.29, 0.717) is 11.4 Å². The lowest BCUT2D eigenvalue weighted by Crippen LogP contribution is -2.05. The van der Waals surface area contributed by atoms with Crippen LogP contribution >= 0.6 is 0 Å². The Balaban J connectivity index is 2.07. The predicted octanol–water partition coefficient (Wildman–Crippen LogP) is 3.48. The number of rotatable bonds is 9. The van der Waals surface area contributed by atoms with Crippen molar-refractivity contribution in [2.75, 3.05) is 5.73 Å². The molecule has 2 N–H and O–H groups in total. The van der Waals surface area contributed by atoms with Gasteiger partial charge in [0.2, 0.25) is 0 Å². The highest BCUT2D eigenvalue weighted by Crippen LogP contribution is 2.12. The van der Waals surface area contributed by atoms with Gasteiger partial charge >= 0.3 is 0 Å². The van der Waals surface area contributed by atoms with Crippen molar-refractivity contribution in [1.29, 1.82) is 5.26 Å². The largest absolute Gasteiger partial charge is 0.383 e. The highest BCUT2D eigenvalue weighted by Gasteiger charge is 2.05. The van der Waals surface area contributed by atoms with Crippen molar-refractivity contribution in [1.82, 2.24) is 9.78 Å². The van der Waals surface area contributed by atoms with Crippen molar-refractivity contribution < 1.29 is 0 Å². The number of nitrogen functional groups attached to an aromatic ring is 1. The molecule has 0 aromatic carbocycles. The van der Waals surface area contributed by atoms with Crippen LogP contribution in [0.3, 0.4) is 0 Å². The van der Waals surface area contributed by atoms with Crippen LogP contribution in [-0.2, 0) is 6.54 Å². The average Bonchev–Trinajstić information content (AvgIpc) is 2.73. The Morgan fingerprint density at radius 2 is 1.78 bits per heavy atom. The Labute approximate surface area is 110 Å². The third kappa shape index (κ3) is 4.79. The highest BCUT2D eigenvalue weighted by molar-refractivity contribution is 5.47. The molecule has 18 heavy (non-hydrogen) atoms. The molecule has 0 aliphatic heterocycles. The zero-order valence-corrected chi connectivity index (χ0v) is 11.4. The van der Waals surface area contributed by atoms with Crippen molar-refractivity contribution in [3.05, 3.63) is 11.8 Å². The first-order valence-electron chi connectivity index (χ1n) is 7.01. The number of anilines is 1. The minimum Gasteiger partial charge on any atom is -0.383 e. The van der Waals surface area contributed by atoms with E-state index in [0.717, 1.165) is 13.0 Å². The SMILES string of the molecule is CCCCCCCCCCn1ncc(C#N)c1N. The molecule has 1 aromatic heterocycles. The van der Waals surface area contributed by atoms with Gasteiger partial charge in [-0.05, 0) is 6.42 Å². The quantitative estimate of drug-likeness (QED) is 0.680. The van der Waals surface area contributed by atoms with Crippen LogP contribution in [0.25, 0.3) is 0 Å². The second kappa shape index (κ2) is 8.57. The lowest BCUT2D eigenvalue weighted by atomic mass is 10.1. The smallest absolute Gasteiger partial charge is 0.139 e. The summed E-state index contributed by atoms with van der Waals surface area (Å²) in [5, 5.41) is 12.9. The summed E-state index contributed by atoms with van der Waals surface area (Å²) in [5.41, 5.74) is 6.27. The van der Waals surface area contributed by atoms with Crippen molar-refractivity contribution in [3.63, 3.8) is 0 Å². The second-order valence-electron chi connectivity index (χ2n) is 4.75. The number of nitrogens with two attached hydrogens (primary N) is 1. The standard InChI is InChI=1S/C14H24N4/c1-2-3-4-5-6-7-8-9-10-18-14(16)13(11-15)12-17-18/h12H,2-10,16H2,1H3. The minimum atomic E-state index is 0.481. The van der Waals surface area contributed by atoms with Gasteiger partial charge in [-0.25, -0.2) is 4.68 Å². The average molecular weight is 248 g/mol. The number of aryl methyl sites for hydroxylation is 1. The molecule has 1 rings (SSSR count). The van der Waals surface area contributed by atoms with Gasteiger partial charge in [-0.15, -0.1) is 0 Å². The molecule has 0 saturated heterocycles. The Morgan fingerprint density at radius 1 is 1.17 bits per heavy atom. The van der Waals surface area contributed by atoms with E-state index in [1.807, 2.05) is 6.07 Å². The lowest BCUT2D eigenvalue weighted by Gasteiger charge is -2.04. The first kappa shape index (κ1) is 14.6. The number of unbranched alkanes of at least 4 members (excludes halogenated alkanes) is 7. The summed E-state index contributed by atoms with van der Waals surface area (Å²) in [7, 11) is 0. The molecular formula is C14H24N4.